The number of imidazole rings is 1. The van der Waals surface area contributed by atoms with Crippen molar-refractivity contribution in [2.75, 3.05) is 5.73 Å². The molecular weight excluding hydrogens is 222 g/mol. The van der Waals surface area contributed by atoms with E-state index in [-0.39, 0.29) is 0 Å². The molecule has 2 N–H and O–H groups in total. The minimum atomic E-state index is 0.614. The fourth-order valence-corrected chi connectivity index (χ4v) is 2.08. The maximum absolute atomic E-state index is 5.95. The van der Waals surface area contributed by atoms with Crippen LogP contribution in [0.15, 0.2) is 30.5 Å². The number of unbranched alkanes of at least 4 members (excludes halogenated alkanes) is 2. The minimum absolute atomic E-state index is 0.614. The van der Waals surface area contributed by atoms with Gasteiger partial charge in [0.15, 0.2) is 0 Å². The molecule has 1 aromatic carbocycles. The minimum Gasteiger partial charge on any atom is -0.369 e. The third-order valence-electron chi connectivity index (χ3n) is 3.12. The van der Waals surface area contributed by atoms with Gasteiger partial charge in [-0.15, -0.1) is 0 Å². The number of hydrogen-bond acceptors (Lipinski definition) is 2. The molecule has 1 aromatic heterocycles. The third-order valence-corrected chi connectivity index (χ3v) is 3.12. The number of nitrogen functional groups attached to an aromatic ring is 1. The average Bonchev–Trinajstić information content (AvgIpc) is 2.72. The van der Waals surface area contributed by atoms with Gasteiger partial charge < -0.3 is 10.3 Å². The van der Waals surface area contributed by atoms with E-state index in [0.717, 1.165) is 24.2 Å². The van der Waals surface area contributed by atoms with E-state index in [9.17, 15) is 0 Å². The lowest BCUT2D eigenvalue weighted by Gasteiger charge is -2.02. The lowest BCUT2D eigenvalue weighted by molar-refractivity contribution is 0.608. The molecule has 3 nitrogen and oxygen atoms in total. The van der Waals surface area contributed by atoms with Crippen LogP contribution in [-0.4, -0.2) is 9.55 Å². The molecule has 0 fully saturated rings. The summed E-state index contributed by atoms with van der Waals surface area (Å²) in [6, 6.07) is 8.35. The Morgan fingerprint density at radius 1 is 1.28 bits per heavy atom. The first-order chi connectivity index (χ1) is 8.70. The lowest BCUT2D eigenvalue weighted by Crippen LogP contribution is -2.02. The molecular formula is C15H21N3. The first kappa shape index (κ1) is 12.7. The standard InChI is InChI=1S/C15H21N3/c1-3-4-5-9-18-11-14(17-15(18)16)13-8-6-7-12(2)10-13/h6-8,10-11H,3-5,9H2,1-2H3,(H2,16,17). The summed E-state index contributed by atoms with van der Waals surface area (Å²) in [5.74, 6) is 0.614. The Labute approximate surface area is 109 Å². The van der Waals surface area contributed by atoms with Crippen LogP contribution in [0.4, 0.5) is 5.95 Å². The second-order valence-corrected chi connectivity index (χ2v) is 4.75. The van der Waals surface area contributed by atoms with Gasteiger partial charge in [0.1, 0.15) is 0 Å². The first-order valence-electron chi connectivity index (χ1n) is 6.60. The van der Waals surface area contributed by atoms with Gasteiger partial charge in [0, 0.05) is 18.3 Å². The highest BCUT2D eigenvalue weighted by Crippen LogP contribution is 2.21. The molecule has 0 unspecified atom stereocenters. The third kappa shape index (κ3) is 2.92. The Balaban J connectivity index is 2.18. The summed E-state index contributed by atoms with van der Waals surface area (Å²) < 4.78 is 2.05. The van der Waals surface area contributed by atoms with Crippen LogP contribution in [0.5, 0.6) is 0 Å². The fourth-order valence-electron chi connectivity index (χ4n) is 2.08. The summed E-state index contributed by atoms with van der Waals surface area (Å²) in [6.45, 7) is 5.25. The maximum atomic E-state index is 5.95. The van der Waals surface area contributed by atoms with Crippen LogP contribution in [0.2, 0.25) is 0 Å². The molecule has 0 aliphatic rings. The topological polar surface area (TPSA) is 43.8 Å². The van der Waals surface area contributed by atoms with Crippen molar-refractivity contribution in [3.63, 3.8) is 0 Å². The molecule has 1 heterocycles. The normalized spacial score (nSPS) is 10.8. The zero-order valence-electron chi connectivity index (χ0n) is 11.2. The average molecular weight is 243 g/mol. The second kappa shape index (κ2) is 5.71. The van der Waals surface area contributed by atoms with Gasteiger partial charge in [0.25, 0.3) is 0 Å². The molecule has 3 heteroatoms. The Morgan fingerprint density at radius 3 is 2.83 bits per heavy atom. The molecule has 0 spiro atoms. The Morgan fingerprint density at radius 2 is 2.11 bits per heavy atom. The van der Waals surface area contributed by atoms with E-state index in [1.807, 2.05) is 4.57 Å². The number of anilines is 1. The molecule has 0 radical (unpaired) electrons. The Hall–Kier alpha value is -1.77. The monoisotopic (exact) mass is 243 g/mol. The maximum Gasteiger partial charge on any atom is 0.200 e. The van der Waals surface area contributed by atoms with Crippen molar-refractivity contribution in [2.24, 2.45) is 0 Å². The van der Waals surface area contributed by atoms with Gasteiger partial charge in [0.05, 0.1) is 5.69 Å². The predicted molar refractivity (Wildman–Crippen MR) is 76.3 cm³/mol. The molecule has 96 valence electrons. The Kier molecular flexibility index (Phi) is 4.03. The highest BCUT2D eigenvalue weighted by molar-refractivity contribution is 5.61. The van der Waals surface area contributed by atoms with Gasteiger partial charge >= 0.3 is 0 Å². The number of rotatable bonds is 5. The van der Waals surface area contributed by atoms with E-state index in [2.05, 4.69) is 49.3 Å². The van der Waals surface area contributed by atoms with Crippen molar-refractivity contribution in [3.05, 3.63) is 36.0 Å². The van der Waals surface area contributed by atoms with Crippen LogP contribution < -0.4 is 5.73 Å². The molecule has 2 rings (SSSR count). The molecule has 0 atom stereocenters. The number of aryl methyl sites for hydroxylation is 2. The fraction of sp³-hybridized carbons (Fsp3) is 0.400. The van der Waals surface area contributed by atoms with Crippen LogP contribution in [0.1, 0.15) is 31.7 Å². The van der Waals surface area contributed by atoms with Crippen molar-refractivity contribution >= 4 is 5.95 Å². The number of benzene rings is 1. The number of nitrogens with two attached hydrogens (primary N) is 1. The van der Waals surface area contributed by atoms with Gasteiger partial charge in [-0.05, 0) is 19.4 Å². The van der Waals surface area contributed by atoms with Crippen LogP contribution in [0.3, 0.4) is 0 Å². The molecule has 2 aromatic rings. The van der Waals surface area contributed by atoms with Crippen molar-refractivity contribution in [1.29, 1.82) is 0 Å². The van der Waals surface area contributed by atoms with Gasteiger partial charge in [0.2, 0.25) is 5.95 Å². The Bertz CT molecular complexity index is 514. The van der Waals surface area contributed by atoms with Gasteiger partial charge in [-0.3, -0.25) is 0 Å². The molecule has 0 saturated carbocycles. The quantitative estimate of drug-likeness (QED) is 0.815. The second-order valence-electron chi connectivity index (χ2n) is 4.75. The van der Waals surface area contributed by atoms with E-state index in [4.69, 9.17) is 5.73 Å². The zero-order valence-corrected chi connectivity index (χ0v) is 11.2. The van der Waals surface area contributed by atoms with Gasteiger partial charge in [-0.25, -0.2) is 4.98 Å². The van der Waals surface area contributed by atoms with E-state index in [1.54, 1.807) is 0 Å². The van der Waals surface area contributed by atoms with Crippen LogP contribution >= 0.6 is 0 Å². The summed E-state index contributed by atoms with van der Waals surface area (Å²) >= 11 is 0. The van der Waals surface area contributed by atoms with Crippen molar-refractivity contribution < 1.29 is 0 Å². The number of aromatic nitrogens is 2. The van der Waals surface area contributed by atoms with Crippen LogP contribution in [0, 0.1) is 6.92 Å². The molecule has 18 heavy (non-hydrogen) atoms. The van der Waals surface area contributed by atoms with Crippen LogP contribution in [-0.2, 0) is 6.54 Å². The zero-order chi connectivity index (χ0) is 13.0. The van der Waals surface area contributed by atoms with Crippen LogP contribution in [0.25, 0.3) is 11.3 Å². The molecule has 0 bridgehead atoms. The van der Waals surface area contributed by atoms with E-state index in [0.29, 0.717) is 5.95 Å². The van der Waals surface area contributed by atoms with Crippen molar-refractivity contribution in [2.45, 2.75) is 39.7 Å². The number of nitrogens with zero attached hydrogens (tertiary/aromatic N) is 2. The SMILES string of the molecule is CCCCCn1cc(-c2cccc(C)c2)nc1N. The summed E-state index contributed by atoms with van der Waals surface area (Å²) in [6.07, 6.45) is 5.67. The molecule has 0 saturated heterocycles. The van der Waals surface area contributed by atoms with E-state index >= 15 is 0 Å². The molecule has 0 aliphatic carbocycles. The van der Waals surface area contributed by atoms with Crippen molar-refractivity contribution in [1.82, 2.24) is 9.55 Å². The van der Waals surface area contributed by atoms with Crippen molar-refractivity contribution in [3.8, 4) is 11.3 Å². The lowest BCUT2D eigenvalue weighted by atomic mass is 10.1. The summed E-state index contributed by atoms with van der Waals surface area (Å²) in [5, 5.41) is 0. The molecule has 0 aliphatic heterocycles. The summed E-state index contributed by atoms with van der Waals surface area (Å²) in [4.78, 5) is 4.44. The summed E-state index contributed by atoms with van der Waals surface area (Å²) in [7, 11) is 0. The summed E-state index contributed by atoms with van der Waals surface area (Å²) in [5.41, 5.74) is 9.29. The predicted octanol–water partition coefficient (Wildman–Crippen LogP) is 3.63. The van der Waals surface area contributed by atoms with Gasteiger partial charge in [-0.1, -0.05) is 43.5 Å². The smallest absolute Gasteiger partial charge is 0.200 e. The van der Waals surface area contributed by atoms with E-state index < -0.39 is 0 Å². The van der Waals surface area contributed by atoms with E-state index in [1.165, 1.54) is 18.4 Å². The molecule has 0 amide bonds. The van der Waals surface area contributed by atoms with Gasteiger partial charge in [-0.2, -0.15) is 0 Å². The number of hydrogen-bond donors (Lipinski definition) is 1. The first-order valence-corrected chi connectivity index (χ1v) is 6.60. The largest absolute Gasteiger partial charge is 0.369 e. The highest BCUT2D eigenvalue weighted by atomic mass is 15.1. The highest BCUT2D eigenvalue weighted by Gasteiger charge is 2.06.